The van der Waals surface area contributed by atoms with E-state index in [-0.39, 0.29) is 46.7 Å². The summed E-state index contributed by atoms with van der Waals surface area (Å²) in [5.74, 6) is -2.00. The molecule has 0 radical (unpaired) electrons. The van der Waals surface area contributed by atoms with Crippen LogP contribution in [0.1, 0.15) is 32.6 Å². The molecule has 3 aliphatic rings. The molecule has 0 spiro atoms. The van der Waals surface area contributed by atoms with E-state index in [4.69, 9.17) is 0 Å². The molecule has 2 nitrogen and oxygen atoms in total. The average Bonchev–Trinajstić information content (AvgIpc) is 3.02. The fourth-order valence-electron chi connectivity index (χ4n) is 3.21. The van der Waals surface area contributed by atoms with E-state index in [0.717, 1.165) is 12.8 Å². The minimum absolute atomic E-state index is 0.0386. The van der Waals surface area contributed by atoms with Crippen molar-refractivity contribution < 1.29 is 18.4 Å². The number of hydrogen-bond donors (Lipinski definition) is 1. The van der Waals surface area contributed by atoms with Crippen LogP contribution in [0.4, 0.5) is 8.78 Å². The second-order valence-electron chi connectivity index (χ2n) is 6.01. The highest BCUT2D eigenvalue weighted by Crippen LogP contribution is 2.55. The zero-order valence-electron chi connectivity index (χ0n) is 10.4. The number of alkyl halides is 2. The molecule has 102 valence electrons. The topological polar surface area (TPSA) is 34.1 Å². The van der Waals surface area contributed by atoms with Gasteiger partial charge in [-0.25, -0.2) is 8.78 Å². The minimum atomic E-state index is -2.52. The van der Waals surface area contributed by atoms with Gasteiger partial charge in [0.1, 0.15) is 0 Å². The van der Waals surface area contributed by atoms with Crippen LogP contribution in [0.5, 0.6) is 0 Å². The van der Waals surface area contributed by atoms with Gasteiger partial charge in [0.15, 0.2) is 10.9 Å². The zero-order chi connectivity index (χ0) is 13.1. The summed E-state index contributed by atoms with van der Waals surface area (Å²) in [6.45, 7) is 1.82. The molecule has 1 aliphatic heterocycles. The van der Waals surface area contributed by atoms with Gasteiger partial charge in [-0.15, -0.1) is 0 Å². The van der Waals surface area contributed by atoms with Crippen LogP contribution in [0.2, 0.25) is 0 Å². The van der Waals surface area contributed by atoms with Crippen LogP contribution in [-0.4, -0.2) is 27.8 Å². The number of rotatable bonds is 3. The summed E-state index contributed by atoms with van der Waals surface area (Å²) in [5.41, 5.74) is 0. The lowest BCUT2D eigenvalue weighted by Gasteiger charge is -2.37. The van der Waals surface area contributed by atoms with Crippen molar-refractivity contribution in [2.24, 2.45) is 17.8 Å². The molecule has 18 heavy (non-hydrogen) atoms. The number of hydrogen-bond acceptors (Lipinski definition) is 2. The van der Waals surface area contributed by atoms with Crippen molar-refractivity contribution in [2.75, 3.05) is 5.75 Å². The van der Waals surface area contributed by atoms with Crippen LogP contribution in [0.25, 0.3) is 0 Å². The molecule has 0 N–H and O–H groups in total. The standard InChI is InChI=1S/C13H18F2O2S/c1-7-11(16)10(9-2-3-9)12(17)18(7)6-8-4-13(14,15)5-8/h7-10,18H,2-6H2,1H3. The summed E-state index contributed by atoms with van der Waals surface area (Å²) in [6, 6.07) is 0. The first-order valence-corrected chi connectivity index (χ1v) is 8.21. The smallest absolute Gasteiger partial charge is 0.248 e. The first-order chi connectivity index (χ1) is 8.39. The Morgan fingerprint density at radius 1 is 1.28 bits per heavy atom. The lowest BCUT2D eigenvalue weighted by Crippen LogP contribution is -2.38. The molecule has 3 atom stereocenters. The normalized spacial score (nSPS) is 42.1. The maximum atomic E-state index is 12.8. The predicted octanol–water partition coefficient (Wildman–Crippen LogP) is 2.56. The molecular weight excluding hydrogens is 258 g/mol. The predicted molar refractivity (Wildman–Crippen MR) is 67.2 cm³/mol. The molecule has 0 aromatic heterocycles. The van der Waals surface area contributed by atoms with Gasteiger partial charge in [-0.1, -0.05) is 0 Å². The van der Waals surface area contributed by atoms with Crippen LogP contribution in [0.15, 0.2) is 0 Å². The molecule has 2 saturated carbocycles. The van der Waals surface area contributed by atoms with Gasteiger partial charge in [0, 0.05) is 18.1 Å². The van der Waals surface area contributed by atoms with Crippen molar-refractivity contribution in [3.8, 4) is 0 Å². The van der Waals surface area contributed by atoms with Crippen molar-refractivity contribution >= 4 is 21.8 Å². The Bertz CT molecular complexity index is 398. The van der Waals surface area contributed by atoms with Crippen LogP contribution in [0.3, 0.4) is 0 Å². The van der Waals surface area contributed by atoms with E-state index >= 15 is 0 Å². The highest BCUT2D eigenvalue weighted by atomic mass is 32.2. The van der Waals surface area contributed by atoms with Crippen molar-refractivity contribution in [2.45, 2.75) is 43.8 Å². The SMILES string of the molecule is CC1C(=O)C(C2CC2)C(=O)[SH]1CC1CC(F)(F)C1. The molecule has 1 saturated heterocycles. The van der Waals surface area contributed by atoms with Gasteiger partial charge in [0.05, 0.1) is 5.92 Å². The zero-order valence-corrected chi connectivity index (χ0v) is 11.3. The number of carbonyl (C=O) groups excluding carboxylic acids is 2. The lowest BCUT2D eigenvalue weighted by molar-refractivity contribution is -0.127. The second kappa shape index (κ2) is 4.02. The Kier molecular flexibility index (Phi) is 2.81. The van der Waals surface area contributed by atoms with Gasteiger partial charge in [0.2, 0.25) is 5.92 Å². The monoisotopic (exact) mass is 276 g/mol. The second-order valence-corrected chi connectivity index (χ2v) is 8.53. The van der Waals surface area contributed by atoms with Crippen molar-refractivity contribution in [3.63, 3.8) is 0 Å². The maximum Gasteiger partial charge on any atom is 0.248 e. The quantitative estimate of drug-likeness (QED) is 0.635. The Balaban J connectivity index is 1.65. The fourth-order valence-corrected chi connectivity index (χ4v) is 6.06. The molecule has 2 aliphatic carbocycles. The Morgan fingerprint density at radius 3 is 2.39 bits per heavy atom. The summed E-state index contributed by atoms with van der Waals surface area (Å²) in [4.78, 5) is 24.3. The van der Waals surface area contributed by atoms with Crippen LogP contribution in [-0.2, 0) is 9.59 Å². The van der Waals surface area contributed by atoms with E-state index in [1.807, 2.05) is 6.92 Å². The Morgan fingerprint density at radius 2 is 1.89 bits per heavy atom. The molecular formula is C13H18F2O2S. The average molecular weight is 276 g/mol. The van der Waals surface area contributed by atoms with Crippen LogP contribution in [0, 0.1) is 17.8 Å². The van der Waals surface area contributed by atoms with Crippen molar-refractivity contribution in [1.82, 2.24) is 0 Å². The van der Waals surface area contributed by atoms with E-state index in [1.54, 1.807) is 0 Å². The molecule has 3 fully saturated rings. The minimum Gasteiger partial charge on any atom is -0.298 e. The van der Waals surface area contributed by atoms with E-state index in [0.29, 0.717) is 5.75 Å². The van der Waals surface area contributed by atoms with E-state index in [9.17, 15) is 18.4 Å². The third-order valence-corrected chi connectivity index (χ3v) is 7.40. The van der Waals surface area contributed by atoms with Gasteiger partial charge in [-0.05, 0) is 37.4 Å². The molecule has 5 heteroatoms. The molecule has 0 aromatic carbocycles. The van der Waals surface area contributed by atoms with Crippen molar-refractivity contribution in [1.29, 1.82) is 0 Å². The van der Waals surface area contributed by atoms with Gasteiger partial charge < -0.3 is 0 Å². The highest BCUT2D eigenvalue weighted by molar-refractivity contribution is 8.31. The molecule has 0 aromatic rings. The third kappa shape index (κ3) is 2.00. The number of carbonyl (C=O) groups is 2. The molecule has 1 heterocycles. The first kappa shape index (κ1) is 12.6. The van der Waals surface area contributed by atoms with E-state index in [1.165, 1.54) is 0 Å². The van der Waals surface area contributed by atoms with Gasteiger partial charge >= 0.3 is 0 Å². The van der Waals surface area contributed by atoms with Crippen LogP contribution < -0.4 is 0 Å². The van der Waals surface area contributed by atoms with Crippen molar-refractivity contribution in [3.05, 3.63) is 0 Å². The summed E-state index contributed by atoms with van der Waals surface area (Å²) < 4.78 is 25.6. The number of thiol groups is 1. The maximum absolute atomic E-state index is 12.8. The summed E-state index contributed by atoms with van der Waals surface area (Å²) >= 11 is 0. The first-order valence-electron chi connectivity index (χ1n) is 6.61. The van der Waals surface area contributed by atoms with Crippen LogP contribution >= 0.6 is 10.9 Å². The number of halogens is 2. The third-order valence-electron chi connectivity index (χ3n) is 4.46. The molecule has 0 bridgehead atoms. The molecule has 3 rings (SSSR count). The molecule has 0 amide bonds. The number of ketones is 1. The van der Waals surface area contributed by atoms with Gasteiger partial charge in [-0.3, -0.25) is 9.59 Å². The number of Topliss-reactive ketones (excluding diaryl/α,β-unsaturated/α-hetero) is 1. The van der Waals surface area contributed by atoms with Gasteiger partial charge in [-0.2, -0.15) is 10.9 Å². The van der Waals surface area contributed by atoms with E-state index in [2.05, 4.69) is 0 Å². The summed E-state index contributed by atoms with van der Waals surface area (Å²) in [5, 5.41) is -0.0764. The summed E-state index contributed by atoms with van der Waals surface area (Å²) in [7, 11) is -0.996. The largest absolute Gasteiger partial charge is 0.298 e. The summed E-state index contributed by atoms with van der Waals surface area (Å²) in [6.07, 6.45) is 1.79. The Labute approximate surface area is 108 Å². The van der Waals surface area contributed by atoms with E-state index < -0.39 is 16.8 Å². The molecule has 3 unspecified atom stereocenters. The lowest BCUT2D eigenvalue weighted by atomic mass is 9.83. The van der Waals surface area contributed by atoms with Gasteiger partial charge in [0.25, 0.3) is 0 Å². The fraction of sp³-hybridized carbons (Fsp3) is 0.846. The Hall–Kier alpha value is -0.450. The highest BCUT2D eigenvalue weighted by Gasteiger charge is 2.53.